The van der Waals surface area contributed by atoms with Gasteiger partial charge in [-0.15, -0.1) is 0 Å². The first-order chi connectivity index (χ1) is 12.6. The number of ether oxygens (including phenoxy) is 3. The Morgan fingerprint density at radius 1 is 0.769 bits per heavy atom. The number of unbranched alkanes of at least 4 members (excludes halogenated alkanes) is 7. The maximum absolute atomic E-state index is 11.7. The first kappa shape index (κ1) is 24.9. The standard InChI is InChI=1S/C21H40O5/c1-4-5-12-16-25-20(22)13-10-8-6-7-9-11-14-21(23)26-18-19(2)15-17-24-3/h19H,4-18H2,1-3H3. The molecule has 0 heterocycles. The minimum Gasteiger partial charge on any atom is -0.466 e. The maximum Gasteiger partial charge on any atom is 0.305 e. The van der Waals surface area contributed by atoms with Gasteiger partial charge in [0.05, 0.1) is 13.2 Å². The molecule has 154 valence electrons. The van der Waals surface area contributed by atoms with Crippen LogP contribution in [0.1, 0.15) is 90.9 Å². The largest absolute Gasteiger partial charge is 0.466 e. The van der Waals surface area contributed by atoms with Gasteiger partial charge in [-0.1, -0.05) is 52.4 Å². The van der Waals surface area contributed by atoms with E-state index in [1.807, 2.05) is 0 Å². The molecular weight excluding hydrogens is 332 g/mol. The van der Waals surface area contributed by atoms with Gasteiger partial charge in [0.15, 0.2) is 0 Å². The van der Waals surface area contributed by atoms with E-state index < -0.39 is 0 Å². The van der Waals surface area contributed by atoms with E-state index in [0.717, 1.165) is 64.2 Å². The molecule has 0 saturated heterocycles. The number of hydrogen-bond acceptors (Lipinski definition) is 5. The van der Waals surface area contributed by atoms with Crippen LogP contribution in [0.2, 0.25) is 0 Å². The van der Waals surface area contributed by atoms with Crippen LogP contribution in [-0.4, -0.2) is 38.9 Å². The fourth-order valence-corrected chi connectivity index (χ4v) is 2.57. The van der Waals surface area contributed by atoms with Crippen molar-refractivity contribution in [2.45, 2.75) is 90.9 Å². The van der Waals surface area contributed by atoms with Crippen LogP contribution in [-0.2, 0) is 23.8 Å². The van der Waals surface area contributed by atoms with Gasteiger partial charge in [-0.05, 0) is 31.6 Å². The summed E-state index contributed by atoms with van der Waals surface area (Å²) < 4.78 is 15.5. The van der Waals surface area contributed by atoms with Crippen molar-refractivity contribution in [3.8, 4) is 0 Å². The molecule has 0 aliphatic heterocycles. The molecule has 0 rings (SSSR count). The van der Waals surface area contributed by atoms with Crippen LogP contribution in [0.25, 0.3) is 0 Å². The summed E-state index contributed by atoms with van der Waals surface area (Å²) in [4.78, 5) is 23.2. The second kappa shape index (κ2) is 18.7. The normalized spacial score (nSPS) is 12.0. The summed E-state index contributed by atoms with van der Waals surface area (Å²) in [5.41, 5.74) is 0. The van der Waals surface area contributed by atoms with Gasteiger partial charge in [-0.3, -0.25) is 9.59 Å². The van der Waals surface area contributed by atoms with Crippen LogP contribution < -0.4 is 0 Å². The van der Waals surface area contributed by atoms with Crippen LogP contribution in [0.3, 0.4) is 0 Å². The van der Waals surface area contributed by atoms with E-state index in [9.17, 15) is 9.59 Å². The van der Waals surface area contributed by atoms with Gasteiger partial charge in [0.1, 0.15) is 0 Å². The van der Waals surface area contributed by atoms with Crippen molar-refractivity contribution in [1.29, 1.82) is 0 Å². The topological polar surface area (TPSA) is 61.8 Å². The van der Waals surface area contributed by atoms with Gasteiger partial charge < -0.3 is 14.2 Å². The predicted octanol–water partition coefficient (Wildman–Crippen LogP) is 5.06. The molecule has 0 radical (unpaired) electrons. The van der Waals surface area contributed by atoms with Gasteiger partial charge in [-0.2, -0.15) is 0 Å². The number of methoxy groups -OCH3 is 1. The first-order valence-corrected chi connectivity index (χ1v) is 10.4. The third-order valence-corrected chi connectivity index (χ3v) is 4.37. The molecule has 1 atom stereocenters. The predicted molar refractivity (Wildman–Crippen MR) is 104 cm³/mol. The summed E-state index contributed by atoms with van der Waals surface area (Å²) in [5.74, 6) is 0.181. The molecular formula is C21H40O5. The summed E-state index contributed by atoms with van der Waals surface area (Å²) in [5, 5.41) is 0. The molecule has 0 aromatic rings. The molecule has 5 heteroatoms. The number of esters is 2. The van der Waals surface area contributed by atoms with Crippen molar-refractivity contribution >= 4 is 11.9 Å². The molecule has 0 saturated carbocycles. The monoisotopic (exact) mass is 372 g/mol. The van der Waals surface area contributed by atoms with E-state index in [0.29, 0.717) is 38.6 Å². The Morgan fingerprint density at radius 2 is 1.35 bits per heavy atom. The fraction of sp³-hybridized carbons (Fsp3) is 0.905. The van der Waals surface area contributed by atoms with Crippen LogP contribution >= 0.6 is 0 Å². The smallest absolute Gasteiger partial charge is 0.305 e. The molecule has 0 aliphatic rings. The Hall–Kier alpha value is -1.10. The lowest BCUT2D eigenvalue weighted by Gasteiger charge is -2.11. The number of carbonyl (C=O) groups excluding carboxylic acids is 2. The minimum absolute atomic E-state index is 0.0661. The molecule has 0 fully saturated rings. The summed E-state index contributed by atoms with van der Waals surface area (Å²) >= 11 is 0. The zero-order chi connectivity index (χ0) is 19.5. The summed E-state index contributed by atoms with van der Waals surface area (Å²) in [6, 6.07) is 0. The molecule has 0 N–H and O–H groups in total. The van der Waals surface area contributed by atoms with E-state index in [1.54, 1.807) is 7.11 Å². The molecule has 0 bridgehead atoms. The lowest BCUT2D eigenvalue weighted by atomic mass is 10.1. The van der Waals surface area contributed by atoms with E-state index in [1.165, 1.54) is 0 Å². The number of carbonyl (C=O) groups is 2. The van der Waals surface area contributed by atoms with E-state index in [2.05, 4.69) is 13.8 Å². The van der Waals surface area contributed by atoms with Gasteiger partial charge in [0, 0.05) is 26.6 Å². The van der Waals surface area contributed by atoms with Crippen molar-refractivity contribution < 1.29 is 23.8 Å². The van der Waals surface area contributed by atoms with Crippen LogP contribution in [0.5, 0.6) is 0 Å². The number of hydrogen-bond donors (Lipinski definition) is 0. The fourth-order valence-electron chi connectivity index (χ4n) is 2.57. The van der Waals surface area contributed by atoms with Crippen molar-refractivity contribution in [2.24, 2.45) is 5.92 Å². The average molecular weight is 373 g/mol. The highest BCUT2D eigenvalue weighted by atomic mass is 16.5. The zero-order valence-electron chi connectivity index (χ0n) is 17.2. The van der Waals surface area contributed by atoms with Crippen LogP contribution in [0.4, 0.5) is 0 Å². The van der Waals surface area contributed by atoms with Gasteiger partial charge >= 0.3 is 11.9 Å². The molecule has 26 heavy (non-hydrogen) atoms. The summed E-state index contributed by atoms with van der Waals surface area (Å²) in [6.45, 7) is 5.95. The molecule has 5 nitrogen and oxygen atoms in total. The Kier molecular flexibility index (Phi) is 17.9. The van der Waals surface area contributed by atoms with E-state index in [-0.39, 0.29) is 11.9 Å². The SMILES string of the molecule is CCCCCOC(=O)CCCCCCCCC(=O)OCC(C)CCOC. The molecule has 0 aliphatic carbocycles. The van der Waals surface area contributed by atoms with Crippen molar-refractivity contribution in [3.05, 3.63) is 0 Å². The van der Waals surface area contributed by atoms with Crippen molar-refractivity contribution in [3.63, 3.8) is 0 Å². The van der Waals surface area contributed by atoms with Crippen LogP contribution in [0, 0.1) is 5.92 Å². The Balaban J connectivity index is 3.34. The third-order valence-electron chi connectivity index (χ3n) is 4.37. The van der Waals surface area contributed by atoms with Gasteiger partial charge in [0.2, 0.25) is 0 Å². The number of rotatable bonds is 18. The maximum atomic E-state index is 11.7. The lowest BCUT2D eigenvalue weighted by molar-refractivity contribution is -0.145. The summed E-state index contributed by atoms with van der Waals surface area (Å²) in [6.07, 6.45) is 11.2. The Labute approximate surface area is 160 Å². The second-order valence-electron chi connectivity index (χ2n) is 7.12. The summed E-state index contributed by atoms with van der Waals surface area (Å²) in [7, 11) is 1.68. The average Bonchev–Trinajstić information content (AvgIpc) is 2.63. The molecule has 0 spiro atoms. The zero-order valence-corrected chi connectivity index (χ0v) is 17.2. The Morgan fingerprint density at radius 3 is 1.92 bits per heavy atom. The Bertz CT molecular complexity index is 343. The quantitative estimate of drug-likeness (QED) is 0.249. The highest BCUT2D eigenvalue weighted by molar-refractivity contribution is 5.69. The van der Waals surface area contributed by atoms with Gasteiger partial charge in [-0.25, -0.2) is 0 Å². The second-order valence-corrected chi connectivity index (χ2v) is 7.12. The first-order valence-electron chi connectivity index (χ1n) is 10.4. The van der Waals surface area contributed by atoms with Crippen LogP contribution in [0.15, 0.2) is 0 Å². The minimum atomic E-state index is -0.0971. The van der Waals surface area contributed by atoms with Gasteiger partial charge in [0.25, 0.3) is 0 Å². The van der Waals surface area contributed by atoms with E-state index in [4.69, 9.17) is 14.2 Å². The molecule has 0 amide bonds. The molecule has 1 unspecified atom stereocenters. The van der Waals surface area contributed by atoms with E-state index >= 15 is 0 Å². The molecule has 0 aromatic carbocycles. The third kappa shape index (κ3) is 17.7. The lowest BCUT2D eigenvalue weighted by Crippen LogP contribution is -2.13. The van der Waals surface area contributed by atoms with Crippen molar-refractivity contribution in [2.75, 3.05) is 26.9 Å². The highest BCUT2D eigenvalue weighted by Gasteiger charge is 2.07. The molecule has 0 aromatic heterocycles. The highest BCUT2D eigenvalue weighted by Crippen LogP contribution is 2.10. The van der Waals surface area contributed by atoms with Crippen molar-refractivity contribution in [1.82, 2.24) is 0 Å².